The van der Waals surface area contributed by atoms with E-state index in [1.54, 1.807) is 0 Å². The van der Waals surface area contributed by atoms with E-state index in [0.717, 1.165) is 29.7 Å². The molecule has 5 N–H and O–H groups in total. The van der Waals surface area contributed by atoms with Gasteiger partial charge in [-0.1, -0.05) is 0 Å². The van der Waals surface area contributed by atoms with Gasteiger partial charge in [-0.05, 0) is 24.8 Å². The first-order chi connectivity index (χ1) is 8.63. The van der Waals surface area contributed by atoms with Crippen molar-refractivity contribution in [3.05, 3.63) is 16.0 Å². The van der Waals surface area contributed by atoms with Gasteiger partial charge >= 0.3 is 6.03 Å². The van der Waals surface area contributed by atoms with E-state index in [0.29, 0.717) is 10.6 Å². The topological polar surface area (TPSA) is 104 Å². The molecule has 0 radical (unpaired) electrons. The monoisotopic (exact) mass is 269 g/mol. The summed E-state index contributed by atoms with van der Waals surface area (Å²) in [5.41, 5.74) is 6.78. The molecule has 1 aromatic rings. The first kappa shape index (κ1) is 12.8. The van der Waals surface area contributed by atoms with Gasteiger partial charge in [-0.25, -0.2) is 4.79 Å². The van der Waals surface area contributed by atoms with Gasteiger partial charge < -0.3 is 16.2 Å². The van der Waals surface area contributed by atoms with Crippen molar-refractivity contribution in [3.8, 4) is 0 Å². The fourth-order valence-electron chi connectivity index (χ4n) is 2.07. The Hall–Kier alpha value is -1.60. The predicted octanol–water partition coefficient (Wildman–Crippen LogP) is 0.449. The second-order valence-corrected chi connectivity index (χ2v) is 5.14. The quantitative estimate of drug-likeness (QED) is 0.637. The highest BCUT2D eigenvalue weighted by atomic mass is 32.1. The number of nitrogens with one attached hydrogen (secondary N) is 2. The number of hydrogen-bond acceptors (Lipinski definition) is 4. The molecule has 1 aliphatic carbocycles. The summed E-state index contributed by atoms with van der Waals surface area (Å²) in [4.78, 5) is 24.1. The summed E-state index contributed by atoms with van der Waals surface area (Å²) < 4.78 is 0. The third kappa shape index (κ3) is 2.46. The minimum atomic E-state index is -0.508. The first-order valence-electron chi connectivity index (χ1n) is 5.73. The summed E-state index contributed by atoms with van der Waals surface area (Å²) in [6.07, 6.45) is 2.79. The summed E-state index contributed by atoms with van der Waals surface area (Å²) >= 11 is 1.40. The van der Waals surface area contributed by atoms with E-state index >= 15 is 0 Å². The molecule has 0 atom stereocenters. The number of amides is 3. The van der Waals surface area contributed by atoms with Crippen LogP contribution in [0.3, 0.4) is 0 Å². The van der Waals surface area contributed by atoms with E-state index in [-0.39, 0.29) is 13.2 Å². The molecule has 7 heteroatoms. The van der Waals surface area contributed by atoms with Crippen molar-refractivity contribution in [3.63, 3.8) is 0 Å². The molecule has 0 unspecified atom stereocenters. The highest BCUT2D eigenvalue weighted by Gasteiger charge is 2.25. The van der Waals surface area contributed by atoms with E-state index in [1.807, 2.05) is 0 Å². The van der Waals surface area contributed by atoms with Crippen molar-refractivity contribution in [2.75, 3.05) is 18.5 Å². The lowest BCUT2D eigenvalue weighted by atomic mass is 10.1. The van der Waals surface area contributed by atoms with Crippen LogP contribution in [0.25, 0.3) is 0 Å². The molecular formula is C11H15N3O3S. The number of aliphatic hydroxyl groups is 1. The van der Waals surface area contributed by atoms with Gasteiger partial charge in [0.05, 0.1) is 12.2 Å². The third-order valence-electron chi connectivity index (χ3n) is 2.79. The number of urea groups is 1. The molecule has 98 valence electrons. The number of aliphatic hydroxyl groups excluding tert-OH is 1. The van der Waals surface area contributed by atoms with Crippen LogP contribution in [0.2, 0.25) is 0 Å². The van der Waals surface area contributed by atoms with Crippen LogP contribution in [0.1, 0.15) is 27.2 Å². The zero-order chi connectivity index (χ0) is 13.1. The standard InChI is InChI=1S/C11H15N3O3S/c12-9(16)8-6-2-1-3-7(6)18-10(8)14-11(17)13-4-5-15/h15H,1-5H2,(H2,12,16)(H2,13,14,17). The minimum Gasteiger partial charge on any atom is -0.395 e. The van der Waals surface area contributed by atoms with Crippen LogP contribution in [0.4, 0.5) is 9.80 Å². The number of carbonyl (C=O) groups is 2. The van der Waals surface area contributed by atoms with E-state index in [2.05, 4.69) is 10.6 Å². The minimum absolute atomic E-state index is 0.128. The van der Waals surface area contributed by atoms with Crippen molar-refractivity contribution in [1.82, 2.24) is 5.32 Å². The molecular weight excluding hydrogens is 254 g/mol. The van der Waals surface area contributed by atoms with Crippen LogP contribution < -0.4 is 16.4 Å². The van der Waals surface area contributed by atoms with Gasteiger partial charge in [0.1, 0.15) is 5.00 Å². The molecule has 0 aliphatic heterocycles. The number of thiophene rings is 1. The van der Waals surface area contributed by atoms with Crippen LogP contribution >= 0.6 is 11.3 Å². The molecule has 18 heavy (non-hydrogen) atoms. The second kappa shape index (κ2) is 5.36. The number of nitrogens with two attached hydrogens (primary N) is 1. The van der Waals surface area contributed by atoms with Gasteiger partial charge in [-0.2, -0.15) is 0 Å². The Labute approximate surface area is 108 Å². The van der Waals surface area contributed by atoms with Crippen LogP contribution in [-0.4, -0.2) is 30.2 Å². The summed E-state index contributed by atoms with van der Waals surface area (Å²) in [6.45, 7) is 0.0415. The predicted molar refractivity (Wildman–Crippen MR) is 69.0 cm³/mol. The van der Waals surface area contributed by atoms with E-state index in [4.69, 9.17) is 10.8 Å². The van der Waals surface area contributed by atoms with Gasteiger partial charge in [0, 0.05) is 11.4 Å². The van der Waals surface area contributed by atoms with E-state index in [9.17, 15) is 9.59 Å². The Bertz CT molecular complexity index is 484. The molecule has 2 rings (SSSR count). The number of aryl methyl sites for hydroxylation is 1. The Balaban J connectivity index is 2.18. The van der Waals surface area contributed by atoms with Gasteiger partial charge in [-0.15, -0.1) is 11.3 Å². The maximum atomic E-state index is 11.5. The number of anilines is 1. The Kier molecular flexibility index (Phi) is 3.83. The molecule has 0 fully saturated rings. The van der Waals surface area contributed by atoms with Crippen LogP contribution in [0, 0.1) is 0 Å². The Morgan fingerprint density at radius 3 is 2.83 bits per heavy atom. The van der Waals surface area contributed by atoms with Crippen LogP contribution in [0.5, 0.6) is 0 Å². The molecule has 0 spiro atoms. The summed E-state index contributed by atoms with van der Waals surface area (Å²) in [5, 5.41) is 14.2. The Morgan fingerprint density at radius 1 is 1.39 bits per heavy atom. The van der Waals surface area contributed by atoms with Crippen LogP contribution in [0.15, 0.2) is 0 Å². The van der Waals surface area contributed by atoms with Crippen molar-refractivity contribution >= 4 is 28.3 Å². The van der Waals surface area contributed by atoms with E-state index < -0.39 is 11.9 Å². The molecule has 3 amide bonds. The number of rotatable bonds is 4. The van der Waals surface area contributed by atoms with Gasteiger partial charge in [0.2, 0.25) is 0 Å². The summed E-state index contributed by atoms with van der Waals surface area (Å²) in [6, 6.07) is -0.438. The van der Waals surface area contributed by atoms with Crippen LogP contribution in [-0.2, 0) is 12.8 Å². The molecule has 1 aromatic heterocycles. The molecule has 0 aromatic carbocycles. The Morgan fingerprint density at radius 2 is 2.17 bits per heavy atom. The normalized spacial score (nSPS) is 13.2. The lowest BCUT2D eigenvalue weighted by Crippen LogP contribution is -2.31. The number of hydrogen-bond donors (Lipinski definition) is 4. The number of carbonyl (C=O) groups excluding carboxylic acids is 2. The zero-order valence-corrected chi connectivity index (χ0v) is 10.6. The highest BCUT2D eigenvalue weighted by molar-refractivity contribution is 7.17. The first-order valence-corrected chi connectivity index (χ1v) is 6.55. The van der Waals surface area contributed by atoms with Crippen molar-refractivity contribution in [2.45, 2.75) is 19.3 Å². The fraction of sp³-hybridized carbons (Fsp3) is 0.455. The van der Waals surface area contributed by atoms with E-state index in [1.165, 1.54) is 11.3 Å². The lowest BCUT2D eigenvalue weighted by Gasteiger charge is -2.06. The molecule has 1 heterocycles. The fourth-order valence-corrected chi connectivity index (χ4v) is 3.36. The van der Waals surface area contributed by atoms with Gasteiger partial charge in [0.25, 0.3) is 5.91 Å². The van der Waals surface area contributed by atoms with Gasteiger partial charge in [-0.3, -0.25) is 10.1 Å². The maximum absolute atomic E-state index is 11.5. The smallest absolute Gasteiger partial charge is 0.319 e. The molecule has 0 saturated heterocycles. The van der Waals surface area contributed by atoms with Crippen molar-refractivity contribution in [1.29, 1.82) is 0 Å². The highest BCUT2D eigenvalue weighted by Crippen LogP contribution is 2.38. The second-order valence-electron chi connectivity index (χ2n) is 4.03. The summed E-state index contributed by atoms with van der Waals surface area (Å²) in [7, 11) is 0. The molecule has 0 saturated carbocycles. The maximum Gasteiger partial charge on any atom is 0.319 e. The van der Waals surface area contributed by atoms with Crippen molar-refractivity contribution in [2.24, 2.45) is 5.73 Å². The molecule has 1 aliphatic rings. The lowest BCUT2D eigenvalue weighted by molar-refractivity contribution is 0.100. The third-order valence-corrected chi connectivity index (χ3v) is 4.00. The largest absolute Gasteiger partial charge is 0.395 e. The zero-order valence-electron chi connectivity index (χ0n) is 9.78. The SMILES string of the molecule is NC(=O)c1c(NC(=O)NCCO)sc2c1CCC2. The number of primary amides is 1. The van der Waals surface area contributed by atoms with Gasteiger partial charge in [0.15, 0.2) is 0 Å². The molecule has 6 nitrogen and oxygen atoms in total. The average Bonchev–Trinajstić information content (AvgIpc) is 2.85. The average molecular weight is 269 g/mol. The van der Waals surface area contributed by atoms with Crippen molar-refractivity contribution < 1.29 is 14.7 Å². The molecule has 0 bridgehead atoms. The number of fused-ring (bicyclic) bond motifs is 1. The summed E-state index contributed by atoms with van der Waals surface area (Å²) in [5.74, 6) is -0.508.